The second kappa shape index (κ2) is 24.1. The van der Waals surface area contributed by atoms with Crippen molar-refractivity contribution in [2.75, 3.05) is 40.9 Å². The number of nitro benzene ring substituents is 1. The van der Waals surface area contributed by atoms with E-state index in [2.05, 4.69) is 5.32 Å². The fraction of sp³-hybridized carbons (Fsp3) is 0.843. The van der Waals surface area contributed by atoms with E-state index in [-0.39, 0.29) is 55.2 Å². The third-order valence-corrected chi connectivity index (χ3v) is 16.1. The van der Waals surface area contributed by atoms with Crippen LogP contribution in [0.15, 0.2) is 24.3 Å². The lowest BCUT2D eigenvalue weighted by molar-refractivity contribution is -0.384. The largest absolute Gasteiger partial charge is 0.459 e. The number of nitrogens with zero attached hydrogens (tertiary/aromatic N) is 3. The first-order valence-corrected chi connectivity index (χ1v) is 25.5. The first-order chi connectivity index (χ1) is 33.1. The van der Waals surface area contributed by atoms with E-state index in [9.17, 15) is 50.3 Å². The van der Waals surface area contributed by atoms with Gasteiger partial charge in [0.1, 0.15) is 30.0 Å². The van der Waals surface area contributed by atoms with Gasteiger partial charge in [0.15, 0.2) is 12.6 Å². The minimum atomic E-state index is -1.86. The Labute approximate surface area is 419 Å². The van der Waals surface area contributed by atoms with Gasteiger partial charge >= 0.3 is 5.97 Å². The number of hydrogen-bond donors (Lipinski definition) is 7. The van der Waals surface area contributed by atoms with Crippen molar-refractivity contribution in [2.45, 2.75) is 204 Å². The SMILES string of the molecule is CC[C@H]1OC(=O)[C@H](C)[C@@H](O[C@H]2C[C@@](C)(OC)[C@@H](O)[C@H](C)O2)[C@H](C)[C@@H](O[C@@H]2O[C@H](C)C[C@H](N(C)C[C@@H]3C[C@H]3C(=O)N[C@H](CO)Cc3ccc([N+](=O)[O-])cc3)[C@H]2O)[C@](C)(O)C[C@@H](C)CN(C)[C@H](C)[C@@H](O)[C@]1(C)O. The van der Waals surface area contributed by atoms with Crippen LogP contribution in [0.1, 0.15) is 107 Å². The maximum absolute atomic E-state index is 14.5. The number of ether oxygens (including phenoxy) is 6. The molecule has 21 atom stereocenters. The van der Waals surface area contributed by atoms with Gasteiger partial charge in [-0.1, -0.05) is 32.9 Å². The van der Waals surface area contributed by atoms with Gasteiger partial charge in [-0.2, -0.15) is 0 Å². The maximum Gasteiger partial charge on any atom is 0.311 e. The molecule has 406 valence electrons. The lowest BCUT2D eigenvalue weighted by Crippen LogP contribution is -2.61. The third-order valence-electron chi connectivity index (χ3n) is 16.1. The molecule has 5 rings (SSSR count). The molecule has 7 N–H and O–H groups in total. The number of nitrogens with one attached hydrogen (secondary N) is 1. The summed E-state index contributed by atoms with van der Waals surface area (Å²) in [6, 6.07) is 4.29. The monoisotopic (exact) mass is 1010 g/mol. The van der Waals surface area contributed by atoms with Gasteiger partial charge in [-0.05, 0) is 112 Å². The Morgan fingerprint density at radius 3 is 2.24 bits per heavy atom. The molecular formula is C51H86N4O16. The number of hydrogen-bond acceptors (Lipinski definition) is 18. The molecule has 1 aromatic carbocycles. The second-order valence-corrected chi connectivity index (χ2v) is 22.3. The van der Waals surface area contributed by atoms with Crippen LogP contribution in [0.4, 0.5) is 5.69 Å². The number of aliphatic hydroxyl groups is 6. The zero-order valence-corrected chi connectivity index (χ0v) is 44.2. The molecule has 1 amide bonds. The van der Waals surface area contributed by atoms with E-state index in [0.717, 1.165) is 5.56 Å². The molecule has 3 heterocycles. The summed E-state index contributed by atoms with van der Waals surface area (Å²) in [5, 5.41) is 83.7. The van der Waals surface area contributed by atoms with E-state index in [1.165, 1.54) is 26.2 Å². The van der Waals surface area contributed by atoms with Gasteiger partial charge in [-0.25, -0.2) is 0 Å². The average Bonchev–Trinajstić information content (AvgIpc) is 4.08. The van der Waals surface area contributed by atoms with E-state index in [1.807, 2.05) is 37.7 Å². The maximum atomic E-state index is 14.5. The van der Waals surface area contributed by atoms with Crippen LogP contribution >= 0.6 is 0 Å². The molecule has 20 nitrogen and oxygen atoms in total. The van der Waals surface area contributed by atoms with E-state index in [0.29, 0.717) is 32.4 Å². The van der Waals surface area contributed by atoms with Crippen molar-refractivity contribution >= 4 is 17.6 Å². The predicted octanol–water partition coefficient (Wildman–Crippen LogP) is 2.54. The highest BCUT2D eigenvalue weighted by molar-refractivity contribution is 5.82. The number of aliphatic hydroxyl groups excluding tert-OH is 4. The Balaban J connectivity index is 1.41. The summed E-state index contributed by atoms with van der Waals surface area (Å²) in [7, 11) is 5.17. The number of rotatable bonds is 15. The minimum absolute atomic E-state index is 0.0441. The van der Waals surface area contributed by atoms with E-state index < -0.39 is 119 Å². The molecule has 3 aliphatic heterocycles. The number of methoxy groups -OCH3 is 1. The van der Waals surface area contributed by atoms with Crippen LogP contribution in [0.5, 0.6) is 0 Å². The third kappa shape index (κ3) is 14.1. The van der Waals surface area contributed by atoms with Crippen molar-refractivity contribution in [3.05, 3.63) is 39.9 Å². The molecule has 0 bridgehead atoms. The smallest absolute Gasteiger partial charge is 0.311 e. The Morgan fingerprint density at radius 2 is 1.65 bits per heavy atom. The first kappa shape index (κ1) is 58.9. The summed E-state index contributed by atoms with van der Waals surface area (Å²) in [4.78, 5) is 42.4. The standard InChI is InChI=1S/C51H86N4O16/c1-14-39-51(10,63)43(58)31(6)53(11)24-27(2)22-49(8,62)45(29(4)42(30(5)47(61)69-39)70-40-23-50(9,66-13)44(59)32(7)68-40)71-48-41(57)38(19-28(3)67-48)54(12)25-34-21-37(34)46(60)52-35(26-56)20-33-15-17-36(18-16-33)55(64)65/h15-18,27-32,34-35,37-45,48,56-59,62-63H,14,19-26H2,1-13H3,(H,52,60)/t27-,28-,29+,30-,31-,32+,34+,35+,37-,38+,39-,40+,41-,42+,43-,44+,45-,48+,49-,50-,51-/m1/s1. The highest BCUT2D eigenvalue weighted by Crippen LogP contribution is 2.42. The molecular weight excluding hydrogens is 925 g/mol. The quantitative estimate of drug-likeness (QED) is 0.0756. The van der Waals surface area contributed by atoms with E-state index >= 15 is 0 Å². The van der Waals surface area contributed by atoms with Crippen LogP contribution in [0, 0.1) is 39.7 Å². The van der Waals surface area contributed by atoms with Crippen molar-refractivity contribution in [1.29, 1.82) is 0 Å². The molecule has 1 aliphatic carbocycles. The topological polar surface area (TPSA) is 273 Å². The Hall–Kier alpha value is -2.96. The zero-order valence-electron chi connectivity index (χ0n) is 44.2. The van der Waals surface area contributed by atoms with Crippen LogP contribution in [0.25, 0.3) is 0 Å². The lowest BCUT2D eigenvalue weighted by atomic mass is 9.77. The number of nitro groups is 1. The summed E-state index contributed by atoms with van der Waals surface area (Å²) < 4.78 is 38.1. The van der Waals surface area contributed by atoms with Crippen LogP contribution in [-0.4, -0.2) is 194 Å². The number of carbonyl (C=O) groups is 2. The van der Waals surface area contributed by atoms with Crippen LogP contribution in [0.2, 0.25) is 0 Å². The Kier molecular flexibility index (Phi) is 20.0. The molecule has 20 heteroatoms. The Bertz CT molecular complexity index is 1910. The number of non-ortho nitro benzene ring substituents is 1. The molecule has 0 aromatic heterocycles. The van der Waals surface area contributed by atoms with Crippen molar-refractivity contribution in [3.8, 4) is 0 Å². The number of cyclic esters (lactones) is 1. The van der Waals surface area contributed by atoms with Crippen LogP contribution in [0.3, 0.4) is 0 Å². The fourth-order valence-electron chi connectivity index (χ4n) is 11.4. The van der Waals surface area contributed by atoms with Crippen LogP contribution in [-0.2, 0) is 44.4 Å². The summed E-state index contributed by atoms with van der Waals surface area (Å²) in [5.41, 5.74) is -3.94. The van der Waals surface area contributed by atoms with E-state index in [1.54, 1.807) is 60.6 Å². The van der Waals surface area contributed by atoms with Crippen molar-refractivity contribution in [3.63, 3.8) is 0 Å². The number of benzene rings is 1. The first-order valence-electron chi connectivity index (χ1n) is 25.5. The normalized spacial score (nSPS) is 42.6. The molecule has 0 unspecified atom stereocenters. The van der Waals surface area contributed by atoms with Gasteiger partial charge in [0.2, 0.25) is 5.91 Å². The van der Waals surface area contributed by atoms with Gasteiger partial charge in [0, 0.05) is 62.7 Å². The summed E-state index contributed by atoms with van der Waals surface area (Å²) in [6.45, 7) is 17.8. The van der Waals surface area contributed by atoms with Crippen molar-refractivity contribution in [1.82, 2.24) is 15.1 Å². The number of likely N-dealkylation sites (N-methyl/N-ethyl adjacent to an activating group) is 2. The zero-order chi connectivity index (χ0) is 53.1. The van der Waals surface area contributed by atoms with E-state index in [4.69, 9.17) is 28.4 Å². The molecule has 0 radical (unpaired) electrons. The molecule has 1 aromatic rings. The fourth-order valence-corrected chi connectivity index (χ4v) is 11.4. The van der Waals surface area contributed by atoms with Gasteiger partial charge < -0.3 is 74.2 Å². The van der Waals surface area contributed by atoms with Crippen molar-refractivity contribution < 1.29 is 73.6 Å². The molecule has 0 spiro atoms. The highest BCUT2D eigenvalue weighted by atomic mass is 16.7. The lowest BCUT2D eigenvalue weighted by Gasteiger charge is -2.49. The average molecular weight is 1010 g/mol. The number of esters is 1. The number of carbonyl (C=O) groups excluding carboxylic acids is 2. The van der Waals surface area contributed by atoms with Gasteiger partial charge in [0.05, 0.1) is 59.1 Å². The summed E-state index contributed by atoms with van der Waals surface area (Å²) in [6.07, 6.45) is -8.71. The number of amides is 1. The van der Waals surface area contributed by atoms with Gasteiger partial charge in [0.25, 0.3) is 5.69 Å². The molecule has 4 aliphatic rings. The van der Waals surface area contributed by atoms with Crippen molar-refractivity contribution in [2.24, 2.45) is 29.6 Å². The predicted molar refractivity (Wildman–Crippen MR) is 261 cm³/mol. The second-order valence-electron chi connectivity index (χ2n) is 22.3. The summed E-state index contributed by atoms with van der Waals surface area (Å²) in [5.74, 6) is -3.50. The molecule has 4 fully saturated rings. The summed E-state index contributed by atoms with van der Waals surface area (Å²) >= 11 is 0. The molecule has 3 saturated heterocycles. The van der Waals surface area contributed by atoms with Crippen LogP contribution < -0.4 is 5.32 Å². The minimum Gasteiger partial charge on any atom is -0.459 e. The molecule has 71 heavy (non-hydrogen) atoms. The van der Waals surface area contributed by atoms with Gasteiger partial charge in [-0.15, -0.1) is 0 Å². The highest BCUT2D eigenvalue weighted by Gasteiger charge is 2.53. The Morgan fingerprint density at radius 1 is 1.00 bits per heavy atom. The van der Waals surface area contributed by atoms with Gasteiger partial charge in [-0.3, -0.25) is 19.7 Å². The molecule has 1 saturated carbocycles.